The van der Waals surface area contributed by atoms with Crippen LogP contribution in [0.1, 0.15) is 18.5 Å². The van der Waals surface area contributed by atoms with E-state index in [1.165, 1.54) is 42.8 Å². The minimum Gasteiger partial charge on any atom is -0.306 e. The second kappa shape index (κ2) is 6.32. The second-order valence-corrected chi connectivity index (χ2v) is 6.80. The molecule has 0 unspecified atom stereocenters. The summed E-state index contributed by atoms with van der Waals surface area (Å²) in [4.78, 5) is 2.41. The molecule has 1 aliphatic rings. The normalized spacial score (nSPS) is 17.3. The number of rotatable bonds is 3. The Labute approximate surface area is 135 Å². The quantitative estimate of drug-likeness (QED) is 0.837. The summed E-state index contributed by atoms with van der Waals surface area (Å²) < 4.78 is 3.14. The maximum atomic E-state index is 4.72. The van der Waals surface area contributed by atoms with Crippen LogP contribution in [-0.4, -0.2) is 34.8 Å². The number of aromatic nitrogens is 2. The first-order valence-corrected chi connectivity index (χ1v) is 8.41. The number of nitrogens with zero attached hydrogens (tertiary/aromatic N) is 3. The van der Waals surface area contributed by atoms with Crippen LogP contribution >= 0.6 is 15.9 Å². The zero-order chi connectivity index (χ0) is 14.8. The Morgan fingerprint density at radius 2 is 1.86 bits per heavy atom. The fourth-order valence-corrected chi connectivity index (χ4v) is 3.82. The topological polar surface area (TPSA) is 21.1 Å². The van der Waals surface area contributed by atoms with Gasteiger partial charge in [0.1, 0.15) is 4.60 Å². The Morgan fingerprint density at radius 1 is 1.19 bits per heavy atom. The van der Waals surface area contributed by atoms with E-state index in [2.05, 4.69) is 69.8 Å². The SMILES string of the molecule is Cc1c(-c2ccccc2)c(Br)nn1CC1CCN(C)CC1. The summed E-state index contributed by atoms with van der Waals surface area (Å²) in [6.45, 7) is 5.62. The molecule has 1 aromatic heterocycles. The average Bonchev–Trinajstić information content (AvgIpc) is 2.77. The van der Waals surface area contributed by atoms with Crippen LogP contribution in [0.3, 0.4) is 0 Å². The van der Waals surface area contributed by atoms with E-state index in [-0.39, 0.29) is 0 Å². The third kappa shape index (κ3) is 3.22. The lowest BCUT2D eigenvalue weighted by Crippen LogP contribution is -2.32. The molecule has 21 heavy (non-hydrogen) atoms. The highest BCUT2D eigenvalue weighted by molar-refractivity contribution is 9.10. The van der Waals surface area contributed by atoms with E-state index >= 15 is 0 Å². The van der Waals surface area contributed by atoms with Crippen molar-refractivity contribution in [1.82, 2.24) is 14.7 Å². The Balaban J connectivity index is 1.82. The van der Waals surface area contributed by atoms with Gasteiger partial charge in [-0.3, -0.25) is 4.68 Å². The van der Waals surface area contributed by atoms with Gasteiger partial charge in [-0.05, 0) is 67.3 Å². The van der Waals surface area contributed by atoms with Gasteiger partial charge in [0.25, 0.3) is 0 Å². The molecule has 1 fully saturated rings. The van der Waals surface area contributed by atoms with E-state index in [9.17, 15) is 0 Å². The molecule has 0 saturated carbocycles. The summed E-state index contributed by atoms with van der Waals surface area (Å²) in [6, 6.07) is 10.5. The van der Waals surface area contributed by atoms with Gasteiger partial charge in [0.2, 0.25) is 0 Å². The van der Waals surface area contributed by atoms with Gasteiger partial charge in [-0.25, -0.2) is 0 Å². The van der Waals surface area contributed by atoms with E-state index in [4.69, 9.17) is 5.10 Å². The monoisotopic (exact) mass is 347 g/mol. The predicted octanol–water partition coefficient (Wildman–Crippen LogP) is 3.96. The largest absolute Gasteiger partial charge is 0.306 e. The van der Waals surface area contributed by atoms with Crippen LogP contribution in [0.15, 0.2) is 34.9 Å². The molecule has 1 aliphatic heterocycles. The van der Waals surface area contributed by atoms with E-state index in [0.717, 1.165) is 17.1 Å². The Hall–Kier alpha value is -1.13. The summed E-state index contributed by atoms with van der Waals surface area (Å²) in [5.74, 6) is 0.746. The highest BCUT2D eigenvalue weighted by Gasteiger charge is 2.20. The molecular weight excluding hydrogens is 326 g/mol. The van der Waals surface area contributed by atoms with Gasteiger partial charge >= 0.3 is 0 Å². The van der Waals surface area contributed by atoms with Crippen molar-refractivity contribution in [3.8, 4) is 11.1 Å². The summed E-state index contributed by atoms with van der Waals surface area (Å²) in [5.41, 5.74) is 3.71. The first-order valence-electron chi connectivity index (χ1n) is 7.62. The van der Waals surface area contributed by atoms with Gasteiger partial charge in [-0.1, -0.05) is 30.3 Å². The fourth-order valence-electron chi connectivity index (χ4n) is 3.11. The summed E-state index contributed by atoms with van der Waals surface area (Å²) >= 11 is 3.64. The van der Waals surface area contributed by atoms with Crippen molar-refractivity contribution in [3.63, 3.8) is 0 Å². The molecule has 3 rings (SSSR count). The third-order valence-electron chi connectivity index (χ3n) is 4.50. The third-order valence-corrected chi connectivity index (χ3v) is 5.05. The molecule has 0 bridgehead atoms. The number of hydrogen-bond donors (Lipinski definition) is 0. The fraction of sp³-hybridized carbons (Fsp3) is 0.471. The van der Waals surface area contributed by atoms with Crippen LogP contribution < -0.4 is 0 Å². The Morgan fingerprint density at radius 3 is 2.52 bits per heavy atom. The molecule has 3 nitrogen and oxygen atoms in total. The molecule has 1 saturated heterocycles. The van der Waals surface area contributed by atoms with Crippen molar-refractivity contribution >= 4 is 15.9 Å². The van der Waals surface area contributed by atoms with E-state index < -0.39 is 0 Å². The van der Waals surface area contributed by atoms with Gasteiger partial charge in [-0.2, -0.15) is 5.10 Å². The highest BCUT2D eigenvalue weighted by atomic mass is 79.9. The van der Waals surface area contributed by atoms with Gasteiger partial charge in [0, 0.05) is 17.8 Å². The van der Waals surface area contributed by atoms with E-state index in [0.29, 0.717) is 0 Å². The van der Waals surface area contributed by atoms with Crippen LogP contribution in [0.5, 0.6) is 0 Å². The average molecular weight is 348 g/mol. The van der Waals surface area contributed by atoms with Gasteiger partial charge in [0.05, 0.1) is 0 Å². The van der Waals surface area contributed by atoms with Crippen LogP contribution in [0.4, 0.5) is 0 Å². The molecule has 2 aromatic rings. The smallest absolute Gasteiger partial charge is 0.136 e. The molecule has 4 heteroatoms. The van der Waals surface area contributed by atoms with E-state index in [1.54, 1.807) is 0 Å². The summed E-state index contributed by atoms with van der Waals surface area (Å²) in [7, 11) is 2.21. The lowest BCUT2D eigenvalue weighted by molar-refractivity contribution is 0.200. The van der Waals surface area contributed by atoms with Crippen LogP contribution in [0.25, 0.3) is 11.1 Å². The predicted molar refractivity (Wildman–Crippen MR) is 90.3 cm³/mol. The lowest BCUT2D eigenvalue weighted by Gasteiger charge is -2.29. The molecule has 0 amide bonds. The van der Waals surface area contributed by atoms with E-state index in [1.807, 2.05) is 0 Å². The number of piperidine rings is 1. The summed E-state index contributed by atoms with van der Waals surface area (Å²) in [5, 5.41) is 4.72. The first-order chi connectivity index (χ1) is 10.1. The van der Waals surface area contributed by atoms with Crippen LogP contribution in [0.2, 0.25) is 0 Å². The number of hydrogen-bond acceptors (Lipinski definition) is 2. The van der Waals surface area contributed by atoms with Crippen molar-refractivity contribution in [2.45, 2.75) is 26.3 Å². The van der Waals surface area contributed by atoms with Gasteiger partial charge < -0.3 is 4.90 Å². The van der Waals surface area contributed by atoms with Crippen molar-refractivity contribution in [1.29, 1.82) is 0 Å². The molecule has 112 valence electrons. The first kappa shape index (κ1) is 14.8. The molecule has 0 aliphatic carbocycles. The molecule has 2 heterocycles. The molecule has 0 radical (unpaired) electrons. The second-order valence-electron chi connectivity index (χ2n) is 6.05. The standard InChI is InChI=1S/C17H22BrN3/c1-13-16(15-6-4-3-5-7-15)17(18)19-21(13)12-14-8-10-20(2)11-9-14/h3-7,14H,8-12H2,1-2H3. The minimum atomic E-state index is 0.746. The van der Waals surface area contributed by atoms with Crippen LogP contribution in [-0.2, 0) is 6.54 Å². The summed E-state index contributed by atoms with van der Waals surface area (Å²) in [6.07, 6.45) is 2.54. The maximum Gasteiger partial charge on any atom is 0.136 e. The van der Waals surface area contributed by atoms with Crippen molar-refractivity contribution < 1.29 is 0 Å². The Bertz CT molecular complexity index is 598. The van der Waals surface area contributed by atoms with Crippen LogP contribution in [0, 0.1) is 12.8 Å². The Kier molecular flexibility index (Phi) is 4.45. The number of likely N-dealkylation sites (tertiary alicyclic amines) is 1. The molecule has 1 aromatic carbocycles. The molecular formula is C17H22BrN3. The van der Waals surface area contributed by atoms with Gasteiger partial charge in [-0.15, -0.1) is 0 Å². The zero-order valence-corrected chi connectivity index (χ0v) is 14.3. The van der Waals surface area contributed by atoms with Crippen molar-refractivity contribution in [3.05, 3.63) is 40.6 Å². The molecule has 0 N–H and O–H groups in total. The molecule has 0 atom stereocenters. The number of benzene rings is 1. The van der Waals surface area contributed by atoms with Crippen molar-refractivity contribution in [2.24, 2.45) is 5.92 Å². The number of halogens is 1. The lowest BCUT2D eigenvalue weighted by atomic mass is 9.97. The molecule has 0 spiro atoms. The minimum absolute atomic E-state index is 0.746. The zero-order valence-electron chi connectivity index (χ0n) is 12.7. The highest BCUT2D eigenvalue weighted by Crippen LogP contribution is 2.31. The maximum absolute atomic E-state index is 4.72. The van der Waals surface area contributed by atoms with Crippen molar-refractivity contribution in [2.75, 3.05) is 20.1 Å². The van der Waals surface area contributed by atoms with Gasteiger partial charge in [0.15, 0.2) is 0 Å².